The first kappa shape index (κ1) is 19.0. The molecule has 0 aromatic carbocycles. The Morgan fingerprint density at radius 3 is 1.53 bits per heavy atom. The molecule has 1 heteroatoms. The Balaban J connectivity index is 2.95. The molecule has 0 rings (SSSR count). The molecule has 0 fully saturated rings. The third-order valence-electron chi connectivity index (χ3n) is 3.69. The minimum absolute atomic E-state index is 0.788. The van der Waals surface area contributed by atoms with Crippen LogP contribution in [0.15, 0.2) is 0 Å². The van der Waals surface area contributed by atoms with E-state index in [1.54, 1.807) is 0 Å². The predicted molar refractivity (Wildman–Crippen MR) is 88.7 cm³/mol. The summed E-state index contributed by atoms with van der Waals surface area (Å²) >= 11 is 0. The molecule has 1 nitrogen and oxygen atoms in total. The molecule has 0 aromatic heterocycles. The number of hydrogen-bond donors (Lipinski definition) is 1. The quantitative estimate of drug-likeness (QED) is 0.394. The van der Waals surface area contributed by atoms with Gasteiger partial charge in [-0.1, -0.05) is 85.5 Å². The molecule has 0 saturated heterocycles. The Labute approximate surface area is 122 Å². The molecule has 1 N–H and O–H groups in total. The van der Waals surface area contributed by atoms with E-state index in [1.807, 2.05) is 0 Å². The zero-order valence-corrected chi connectivity index (χ0v) is 14.1. The minimum atomic E-state index is 0.788. The average molecular weight is 270 g/mol. The van der Waals surface area contributed by atoms with Crippen molar-refractivity contribution in [3.05, 3.63) is 0 Å². The highest BCUT2D eigenvalue weighted by molar-refractivity contribution is 4.53. The molecule has 0 saturated carbocycles. The summed E-state index contributed by atoms with van der Waals surface area (Å²) in [5, 5.41) is 3.52. The molecule has 0 radical (unpaired) electrons. The van der Waals surface area contributed by atoms with Crippen LogP contribution in [0.2, 0.25) is 0 Å². The molecular formula is C18H39N. The Hall–Kier alpha value is -0.0400. The van der Waals surface area contributed by atoms with Gasteiger partial charge < -0.3 is 5.32 Å². The third-order valence-corrected chi connectivity index (χ3v) is 3.69. The highest BCUT2D eigenvalue weighted by Gasteiger charge is 1.96. The zero-order chi connectivity index (χ0) is 14.3. The van der Waals surface area contributed by atoms with E-state index in [0.29, 0.717) is 0 Å². The Morgan fingerprint density at radius 1 is 0.579 bits per heavy atom. The van der Waals surface area contributed by atoms with E-state index in [2.05, 4.69) is 33.0 Å². The van der Waals surface area contributed by atoms with Crippen molar-refractivity contribution in [2.75, 3.05) is 13.1 Å². The Bertz CT molecular complexity index is 145. The van der Waals surface area contributed by atoms with Gasteiger partial charge in [0.25, 0.3) is 0 Å². The van der Waals surface area contributed by atoms with Crippen molar-refractivity contribution in [2.45, 2.75) is 91.9 Å². The van der Waals surface area contributed by atoms with Crippen LogP contribution in [-0.4, -0.2) is 13.1 Å². The summed E-state index contributed by atoms with van der Waals surface area (Å²) in [6.07, 6.45) is 14.4. The van der Waals surface area contributed by atoms with Crippen LogP contribution in [0.25, 0.3) is 0 Å². The molecule has 19 heavy (non-hydrogen) atoms. The second-order valence-electron chi connectivity index (χ2n) is 6.96. The summed E-state index contributed by atoms with van der Waals surface area (Å²) < 4.78 is 0. The molecule has 0 spiro atoms. The molecule has 0 aliphatic heterocycles. The van der Waals surface area contributed by atoms with Crippen LogP contribution in [0.3, 0.4) is 0 Å². The monoisotopic (exact) mass is 269 g/mol. The summed E-state index contributed by atoms with van der Waals surface area (Å²) in [5.41, 5.74) is 0. The second-order valence-corrected chi connectivity index (χ2v) is 6.96. The minimum Gasteiger partial charge on any atom is -0.316 e. The van der Waals surface area contributed by atoms with Crippen LogP contribution in [0.1, 0.15) is 91.9 Å². The number of nitrogens with one attached hydrogen (secondary N) is 1. The summed E-state index contributed by atoms with van der Waals surface area (Å²) in [4.78, 5) is 0. The lowest BCUT2D eigenvalue weighted by atomic mass is 10.0. The maximum Gasteiger partial charge on any atom is -0.00258 e. The van der Waals surface area contributed by atoms with Crippen LogP contribution in [0.5, 0.6) is 0 Å². The number of hydrogen-bond acceptors (Lipinski definition) is 1. The van der Waals surface area contributed by atoms with Gasteiger partial charge in [0.05, 0.1) is 0 Å². The highest BCUT2D eigenvalue weighted by Crippen LogP contribution is 2.12. The van der Waals surface area contributed by atoms with Crippen molar-refractivity contribution in [1.29, 1.82) is 0 Å². The largest absolute Gasteiger partial charge is 0.316 e. The van der Waals surface area contributed by atoms with Gasteiger partial charge in [-0.2, -0.15) is 0 Å². The fourth-order valence-electron chi connectivity index (χ4n) is 2.43. The molecule has 0 heterocycles. The number of unbranched alkanes of at least 4 members (excludes halogenated alkanes) is 8. The maximum atomic E-state index is 3.52. The maximum absolute atomic E-state index is 3.52. The van der Waals surface area contributed by atoms with Crippen LogP contribution < -0.4 is 5.32 Å². The lowest BCUT2D eigenvalue weighted by Gasteiger charge is -2.07. The standard InChI is InChI=1S/C18H39N/c1-17(2)14-12-10-8-6-5-7-9-11-13-15-19-16-18(3)4/h17-19H,5-16H2,1-4H3. The molecule has 0 unspecified atom stereocenters. The molecule has 0 bridgehead atoms. The zero-order valence-electron chi connectivity index (χ0n) is 14.1. The molecule has 0 aliphatic carbocycles. The van der Waals surface area contributed by atoms with Crippen LogP contribution in [0, 0.1) is 11.8 Å². The van der Waals surface area contributed by atoms with Gasteiger partial charge in [0, 0.05) is 0 Å². The second kappa shape index (κ2) is 14.4. The van der Waals surface area contributed by atoms with Gasteiger partial charge in [0.2, 0.25) is 0 Å². The van der Waals surface area contributed by atoms with E-state index in [1.165, 1.54) is 77.3 Å². The van der Waals surface area contributed by atoms with Gasteiger partial charge in [-0.3, -0.25) is 0 Å². The molecule has 0 aliphatic rings. The molecular weight excluding hydrogens is 230 g/mol. The molecule has 0 atom stereocenters. The first-order valence-electron chi connectivity index (χ1n) is 8.83. The number of rotatable bonds is 14. The summed E-state index contributed by atoms with van der Waals surface area (Å²) in [5.74, 6) is 1.68. The Kier molecular flexibility index (Phi) is 14.3. The molecule has 0 aromatic rings. The van der Waals surface area contributed by atoms with Gasteiger partial charge in [0.1, 0.15) is 0 Å². The van der Waals surface area contributed by atoms with Gasteiger partial charge in [-0.15, -0.1) is 0 Å². The first-order valence-corrected chi connectivity index (χ1v) is 8.83. The van der Waals surface area contributed by atoms with E-state index < -0.39 is 0 Å². The van der Waals surface area contributed by atoms with Crippen LogP contribution >= 0.6 is 0 Å². The van der Waals surface area contributed by atoms with E-state index in [0.717, 1.165) is 11.8 Å². The SMILES string of the molecule is CC(C)CCCCCCCCCCCNCC(C)C. The normalized spacial score (nSPS) is 11.7. The van der Waals surface area contributed by atoms with Gasteiger partial charge >= 0.3 is 0 Å². The van der Waals surface area contributed by atoms with Crippen LogP contribution in [0.4, 0.5) is 0 Å². The lowest BCUT2D eigenvalue weighted by molar-refractivity contribution is 0.499. The van der Waals surface area contributed by atoms with Crippen molar-refractivity contribution in [1.82, 2.24) is 5.32 Å². The molecule has 116 valence electrons. The molecule has 0 amide bonds. The fraction of sp³-hybridized carbons (Fsp3) is 1.00. The fourth-order valence-corrected chi connectivity index (χ4v) is 2.43. The van der Waals surface area contributed by atoms with Crippen LogP contribution in [-0.2, 0) is 0 Å². The average Bonchev–Trinajstić information content (AvgIpc) is 2.34. The third kappa shape index (κ3) is 18.0. The summed E-state index contributed by atoms with van der Waals surface area (Å²) in [6.45, 7) is 11.6. The highest BCUT2D eigenvalue weighted by atomic mass is 14.8. The Morgan fingerprint density at radius 2 is 1.05 bits per heavy atom. The topological polar surface area (TPSA) is 12.0 Å². The van der Waals surface area contributed by atoms with Crippen molar-refractivity contribution in [3.63, 3.8) is 0 Å². The smallest absolute Gasteiger partial charge is 0.00258 e. The van der Waals surface area contributed by atoms with E-state index in [4.69, 9.17) is 0 Å². The summed E-state index contributed by atoms with van der Waals surface area (Å²) in [6, 6.07) is 0. The predicted octanol–water partition coefficient (Wildman–Crippen LogP) is 5.79. The first-order chi connectivity index (χ1) is 9.13. The summed E-state index contributed by atoms with van der Waals surface area (Å²) in [7, 11) is 0. The van der Waals surface area contributed by atoms with Crippen molar-refractivity contribution >= 4 is 0 Å². The lowest BCUT2D eigenvalue weighted by Crippen LogP contribution is -2.20. The van der Waals surface area contributed by atoms with E-state index in [-0.39, 0.29) is 0 Å². The van der Waals surface area contributed by atoms with Gasteiger partial charge in [0.15, 0.2) is 0 Å². The van der Waals surface area contributed by atoms with Crippen molar-refractivity contribution < 1.29 is 0 Å². The van der Waals surface area contributed by atoms with Gasteiger partial charge in [-0.05, 0) is 31.3 Å². The van der Waals surface area contributed by atoms with E-state index in [9.17, 15) is 0 Å². The van der Waals surface area contributed by atoms with Gasteiger partial charge in [-0.25, -0.2) is 0 Å². The van der Waals surface area contributed by atoms with Crippen molar-refractivity contribution in [2.24, 2.45) is 11.8 Å². The van der Waals surface area contributed by atoms with E-state index >= 15 is 0 Å². The van der Waals surface area contributed by atoms with Crippen molar-refractivity contribution in [3.8, 4) is 0 Å².